The van der Waals surface area contributed by atoms with Crippen LogP contribution in [0, 0.1) is 10.1 Å². The van der Waals surface area contributed by atoms with Crippen molar-refractivity contribution in [3.63, 3.8) is 0 Å². The van der Waals surface area contributed by atoms with Crippen molar-refractivity contribution >= 4 is 40.9 Å². The van der Waals surface area contributed by atoms with Crippen LogP contribution in [0.5, 0.6) is 0 Å². The Kier molecular flexibility index (Phi) is 5.45. The molecule has 1 heterocycles. The number of para-hydroxylation sites is 3. The molecule has 0 saturated heterocycles. The van der Waals surface area contributed by atoms with Crippen LogP contribution < -0.4 is 10.2 Å². The van der Waals surface area contributed by atoms with Crippen molar-refractivity contribution in [3.8, 4) is 0 Å². The lowest BCUT2D eigenvalue weighted by molar-refractivity contribution is -0.385. The fourth-order valence-electron chi connectivity index (χ4n) is 2.67. The first kappa shape index (κ1) is 18.8. The Balaban J connectivity index is 1.63. The van der Waals surface area contributed by atoms with Gasteiger partial charge in [0, 0.05) is 12.1 Å². The molecule has 0 spiro atoms. The van der Waals surface area contributed by atoms with Gasteiger partial charge in [0.15, 0.2) is 6.61 Å². The van der Waals surface area contributed by atoms with Gasteiger partial charge in [-0.25, -0.2) is 4.79 Å². The van der Waals surface area contributed by atoms with Crippen LogP contribution in [0.2, 0.25) is 0 Å². The van der Waals surface area contributed by atoms with Gasteiger partial charge < -0.3 is 10.1 Å². The van der Waals surface area contributed by atoms with Crippen molar-refractivity contribution in [2.24, 2.45) is 0 Å². The maximum atomic E-state index is 12.4. The molecule has 0 atom stereocenters. The first-order valence-electron chi connectivity index (χ1n) is 8.23. The number of fused-ring (bicyclic) bond motifs is 1. The second-order valence-corrected chi connectivity index (χ2v) is 5.80. The fraction of sp³-hybridized carbons (Fsp3) is 0.105. The molecule has 0 saturated carbocycles. The molecule has 0 aromatic heterocycles. The summed E-state index contributed by atoms with van der Waals surface area (Å²) in [6.07, 6.45) is 2.25. The zero-order valence-corrected chi connectivity index (χ0v) is 14.5. The number of nitrogens with one attached hydrogen (secondary N) is 1. The lowest BCUT2D eigenvalue weighted by atomic mass is 10.1. The van der Waals surface area contributed by atoms with Crippen LogP contribution in [0.15, 0.2) is 54.6 Å². The smallest absolute Gasteiger partial charge is 0.331 e. The summed E-state index contributed by atoms with van der Waals surface area (Å²) < 4.78 is 4.91. The molecule has 142 valence electrons. The third kappa shape index (κ3) is 4.21. The SMILES string of the molecule is O=C1CN(C(=O)COC(=O)/C=C/c2ccccc2[N+](=O)[O-])c2ccccc2N1. The zero-order chi connectivity index (χ0) is 20.1. The number of carbonyl (C=O) groups is 3. The number of hydrogen-bond acceptors (Lipinski definition) is 6. The number of nitro benzene ring substituents is 1. The minimum atomic E-state index is -0.832. The topological polar surface area (TPSA) is 119 Å². The summed E-state index contributed by atoms with van der Waals surface area (Å²) in [6.45, 7) is -0.749. The summed E-state index contributed by atoms with van der Waals surface area (Å²) in [5, 5.41) is 13.6. The Hall–Kier alpha value is -4.01. The normalized spacial score (nSPS) is 13.0. The number of rotatable bonds is 5. The molecule has 9 nitrogen and oxygen atoms in total. The monoisotopic (exact) mass is 381 g/mol. The molecule has 28 heavy (non-hydrogen) atoms. The fourth-order valence-corrected chi connectivity index (χ4v) is 2.67. The summed E-state index contributed by atoms with van der Waals surface area (Å²) >= 11 is 0. The maximum absolute atomic E-state index is 12.4. The van der Waals surface area contributed by atoms with Gasteiger partial charge in [-0.3, -0.25) is 24.6 Å². The average Bonchev–Trinajstić information content (AvgIpc) is 2.69. The Morgan fingerprint density at radius 3 is 2.68 bits per heavy atom. The van der Waals surface area contributed by atoms with E-state index < -0.39 is 23.4 Å². The molecule has 1 aliphatic heterocycles. The minimum absolute atomic E-state index is 0.154. The summed E-state index contributed by atoms with van der Waals surface area (Å²) in [5.41, 5.74) is 1.09. The predicted octanol–water partition coefficient (Wildman–Crippen LogP) is 2.14. The van der Waals surface area contributed by atoms with E-state index >= 15 is 0 Å². The highest BCUT2D eigenvalue weighted by atomic mass is 16.6. The largest absolute Gasteiger partial charge is 0.452 e. The molecule has 0 aliphatic carbocycles. The lowest BCUT2D eigenvalue weighted by Crippen LogP contribution is -2.43. The number of carbonyl (C=O) groups excluding carboxylic acids is 3. The number of benzene rings is 2. The quantitative estimate of drug-likeness (QED) is 0.367. The van der Waals surface area contributed by atoms with E-state index in [1.54, 1.807) is 30.3 Å². The maximum Gasteiger partial charge on any atom is 0.331 e. The number of nitrogens with zero attached hydrogens (tertiary/aromatic N) is 2. The van der Waals surface area contributed by atoms with Gasteiger partial charge in [0.2, 0.25) is 5.91 Å². The number of amides is 2. The summed E-state index contributed by atoms with van der Waals surface area (Å²) in [4.78, 5) is 47.6. The molecule has 0 fully saturated rings. The molecule has 2 aromatic carbocycles. The van der Waals surface area contributed by atoms with E-state index in [2.05, 4.69) is 5.32 Å². The molecule has 2 amide bonds. The van der Waals surface area contributed by atoms with Gasteiger partial charge in [-0.05, 0) is 24.3 Å². The average molecular weight is 381 g/mol. The van der Waals surface area contributed by atoms with E-state index in [1.165, 1.54) is 29.2 Å². The molecular weight excluding hydrogens is 366 g/mol. The molecule has 1 N–H and O–H groups in total. The van der Waals surface area contributed by atoms with Crippen molar-refractivity contribution in [1.82, 2.24) is 0 Å². The molecule has 3 rings (SSSR count). The third-order valence-electron chi connectivity index (χ3n) is 3.94. The van der Waals surface area contributed by atoms with E-state index in [0.717, 1.165) is 6.08 Å². The Bertz CT molecular complexity index is 985. The van der Waals surface area contributed by atoms with Crippen molar-refractivity contribution < 1.29 is 24.0 Å². The van der Waals surface area contributed by atoms with Crippen LogP contribution >= 0.6 is 0 Å². The third-order valence-corrected chi connectivity index (χ3v) is 3.94. The molecule has 1 aliphatic rings. The van der Waals surface area contributed by atoms with E-state index in [9.17, 15) is 24.5 Å². The van der Waals surface area contributed by atoms with Crippen LogP contribution in [0.25, 0.3) is 6.08 Å². The number of hydrogen-bond donors (Lipinski definition) is 1. The molecule has 0 unspecified atom stereocenters. The van der Waals surface area contributed by atoms with Crippen molar-refractivity contribution in [1.29, 1.82) is 0 Å². The predicted molar refractivity (Wildman–Crippen MR) is 101 cm³/mol. The second kappa shape index (κ2) is 8.12. The highest BCUT2D eigenvalue weighted by molar-refractivity contribution is 6.10. The molecule has 0 radical (unpaired) electrons. The van der Waals surface area contributed by atoms with Crippen molar-refractivity contribution in [2.45, 2.75) is 0 Å². The highest BCUT2D eigenvalue weighted by Gasteiger charge is 2.27. The van der Waals surface area contributed by atoms with Crippen LogP contribution in [-0.2, 0) is 19.1 Å². The van der Waals surface area contributed by atoms with E-state index in [1.807, 2.05) is 0 Å². The summed E-state index contributed by atoms with van der Waals surface area (Å²) in [6, 6.07) is 12.7. The molecule has 2 aromatic rings. The second-order valence-electron chi connectivity index (χ2n) is 5.80. The van der Waals surface area contributed by atoms with Gasteiger partial charge in [-0.15, -0.1) is 0 Å². The standard InChI is InChI=1S/C19H15N3O6/c23-17-11-21(16-8-4-2-6-14(16)20-17)18(24)12-28-19(25)10-9-13-5-1-3-7-15(13)22(26)27/h1-10H,11-12H2,(H,20,23)/b10-9+. The van der Waals surface area contributed by atoms with Crippen LogP contribution in [0.4, 0.5) is 17.1 Å². The zero-order valence-electron chi connectivity index (χ0n) is 14.5. The van der Waals surface area contributed by atoms with E-state index in [0.29, 0.717) is 11.4 Å². The van der Waals surface area contributed by atoms with E-state index in [-0.39, 0.29) is 23.7 Å². The van der Waals surface area contributed by atoms with Crippen LogP contribution in [0.1, 0.15) is 5.56 Å². The van der Waals surface area contributed by atoms with Gasteiger partial charge in [0.1, 0.15) is 6.54 Å². The van der Waals surface area contributed by atoms with Gasteiger partial charge in [0.25, 0.3) is 11.6 Å². The number of ether oxygens (including phenoxy) is 1. The van der Waals surface area contributed by atoms with Gasteiger partial charge in [0.05, 0.1) is 21.9 Å². The molecule has 0 bridgehead atoms. The Morgan fingerprint density at radius 1 is 1.18 bits per heavy atom. The number of esters is 1. The lowest BCUT2D eigenvalue weighted by Gasteiger charge is -2.28. The number of anilines is 2. The minimum Gasteiger partial charge on any atom is -0.452 e. The van der Waals surface area contributed by atoms with Crippen molar-refractivity contribution in [2.75, 3.05) is 23.4 Å². The summed E-state index contributed by atoms with van der Waals surface area (Å²) in [5.74, 6) is -1.74. The first-order chi connectivity index (χ1) is 13.5. The first-order valence-corrected chi connectivity index (χ1v) is 8.23. The van der Waals surface area contributed by atoms with Crippen LogP contribution in [-0.4, -0.2) is 35.9 Å². The highest BCUT2D eigenvalue weighted by Crippen LogP contribution is 2.28. The van der Waals surface area contributed by atoms with Crippen LogP contribution in [0.3, 0.4) is 0 Å². The van der Waals surface area contributed by atoms with Gasteiger partial charge >= 0.3 is 5.97 Å². The Labute approximate surface area is 159 Å². The molecular formula is C19H15N3O6. The van der Waals surface area contributed by atoms with E-state index in [4.69, 9.17) is 4.74 Å². The molecule has 9 heteroatoms. The summed E-state index contributed by atoms with van der Waals surface area (Å²) in [7, 11) is 0. The number of nitro groups is 1. The Morgan fingerprint density at radius 2 is 1.89 bits per heavy atom. The van der Waals surface area contributed by atoms with Crippen molar-refractivity contribution in [3.05, 3.63) is 70.3 Å². The van der Waals surface area contributed by atoms with Gasteiger partial charge in [-0.1, -0.05) is 24.3 Å². The van der Waals surface area contributed by atoms with Gasteiger partial charge in [-0.2, -0.15) is 0 Å².